The summed E-state index contributed by atoms with van der Waals surface area (Å²) in [5.41, 5.74) is 4.90. The Labute approximate surface area is 226 Å². The number of nitriles is 1. The van der Waals surface area contributed by atoms with Crippen molar-refractivity contribution in [2.24, 2.45) is 0 Å². The summed E-state index contributed by atoms with van der Waals surface area (Å²) in [7, 11) is 1.63. The minimum atomic E-state index is -0.875. The molecule has 5 rings (SSSR count). The molecule has 38 heavy (non-hydrogen) atoms. The normalized spacial score (nSPS) is 14.2. The van der Waals surface area contributed by atoms with Gasteiger partial charge in [0.15, 0.2) is 5.79 Å². The number of hydrogen-bond donors (Lipinski definition) is 0. The zero-order valence-electron chi connectivity index (χ0n) is 21.0. The molecule has 0 amide bonds. The summed E-state index contributed by atoms with van der Waals surface area (Å²) in [6, 6.07) is 28.3. The zero-order valence-corrected chi connectivity index (χ0v) is 21.8. The van der Waals surface area contributed by atoms with Crippen molar-refractivity contribution in [1.82, 2.24) is 4.98 Å². The lowest BCUT2D eigenvalue weighted by molar-refractivity contribution is -0.170. The van der Waals surface area contributed by atoms with Gasteiger partial charge in [0.2, 0.25) is 0 Å². The number of halogens is 1. The Morgan fingerprint density at radius 2 is 1.68 bits per heavy atom. The van der Waals surface area contributed by atoms with E-state index in [4.69, 9.17) is 19.2 Å². The second-order valence-corrected chi connectivity index (χ2v) is 9.93. The molecule has 0 atom stereocenters. The average Bonchev–Trinajstić information content (AvgIpc) is 3.45. The Kier molecular flexibility index (Phi) is 8.04. The maximum absolute atomic E-state index is 13.5. The van der Waals surface area contributed by atoms with Crippen LogP contribution < -0.4 is 4.74 Å². The molecule has 1 aliphatic rings. The molecule has 4 aromatic rings. The lowest BCUT2D eigenvalue weighted by Crippen LogP contribution is -2.27. The van der Waals surface area contributed by atoms with Gasteiger partial charge in [-0.3, -0.25) is 0 Å². The number of nitrogens with zero attached hydrogens (tertiary/aromatic N) is 2. The Hall–Kier alpha value is -3.70. The predicted molar refractivity (Wildman–Crippen MR) is 146 cm³/mol. The zero-order chi connectivity index (χ0) is 26.4. The molecule has 1 saturated heterocycles. The van der Waals surface area contributed by atoms with Crippen molar-refractivity contribution >= 4 is 11.8 Å². The molecule has 0 aliphatic carbocycles. The van der Waals surface area contributed by atoms with Gasteiger partial charge in [-0.15, -0.1) is 11.8 Å². The van der Waals surface area contributed by atoms with Crippen molar-refractivity contribution in [3.63, 3.8) is 0 Å². The van der Waals surface area contributed by atoms with Gasteiger partial charge in [-0.25, -0.2) is 9.37 Å². The van der Waals surface area contributed by atoms with Crippen molar-refractivity contribution in [3.8, 4) is 34.2 Å². The standard InChI is InChI=1S/C31H27FN2O3S/c1-35-26-14-8-22(9-15-26)27-20-29(23-6-3-2-4-7-23)34-30(28(27)21-33)38-19-5-16-31(36-17-18-37-31)24-10-12-25(32)13-11-24/h2-4,6-15,20H,5,16-19H2,1H3. The highest BCUT2D eigenvalue weighted by Crippen LogP contribution is 2.38. The van der Waals surface area contributed by atoms with E-state index in [0.717, 1.165) is 40.1 Å². The third-order valence-electron chi connectivity index (χ3n) is 6.50. The number of aromatic nitrogens is 1. The maximum atomic E-state index is 13.5. The second-order valence-electron chi connectivity index (χ2n) is 8.85. The van der Waals surface area contributed by atoms with E-state index >= 15 is 0 Å². The van der Waals surface area contributed by atoms with Crippen molar-refractivity contribution in [2.45, 2.75) is 23.7 Å². The van der Waals surface area contributed by atoms with Gasteiger partial charge in [0.05, 0.1) is 31.6 Å². The number of pyridine rings is 1. The molecule has 1 fully saturated rings. The molecule has 2 heterocycles. The van der Waals surface area contributed by atoms with Crippen LogP contribution in [0.25, 0.3) is 22.4 Å². The van der Waals surface area contributed by atoms with Gasteiger partial charge < -0.3 is 14.2 Å². The third-order valence-corrected chi connectivity index (χ3v) is 7.56. The molecule has 0 bridgehead atoms. The topological polar surface area (TPSA) is 64.4 Å². The largest absolute Gasteiger partial charge is 0.497 e. The summed E-state index contributed by atoms with van der Waals surface area (Å²) in [6.45, 7) is 0.990. The minimum absolute atomic E-state index is 0.293. The van der Waals surface area contributed by atoms with E-state index in [0.29, 0.717) is 36.0 Å². The third kappa shape index (κ3) is 5.58. The van der Waals surface area contributed by atoms with E-state index in [1.165, 1.54) is 12.1 Å². The number of methoxy groups -OCH3 is 1. The van der Waals surface area contributed by atoms with Crippen LogP contribution in [0, 0.1) is 17.1 Å². The van der Waals surface area contributed by atoms with Crippen molar-refractivity contribution in [1.29, 1.82) is 5.26 Å². The van der Waals surface area contributed by atoms with E-state index in [9.17, 15) is 9.65 Å². The van der Waals surface area contributed by atoms with Crippen LogP contribution in [0.3, 0.4) is 0 Å². The van der Waals surface area contributed by atoms with Crippen molar-refractivity contribution in [2.75, 3.05) is 26.1 Å². The smallest absolute Gasteiger partial charge is 0.195 e. The molecule has 0 spiro atoms. The maximum Gasteiger partial charge on any atom is 0.195 e. The fourth-order valence-electron chi connectivity index (χ4n) is 4.58. The molecular weight excluding hydrogens is 499 g/mol. The first-order valence-electron chi connectivity index (χ1n) is 12.4. The van der Waals surface area contributed by atoms with Gasteiger partial charge >= 0.3 is 0 Å². The molecule has 7 heteroatoms. The molecule has 0 unspecified atom stereocenters. The monoisotopic (exact) mass is 526 g/mol. The number of ether oxygens (including phenoxy) is 3. The van der Waals surface area contributed by atoms with Gasteiger partial charge in [0, 0.05) is 23.1 Å². The van der Waals surface area contributed by atoms with E-state index in [1.54, 1.807) is 31.0 Å². The first kappa shape index (κ1) is 25.9. The van der Waals surface area contributed by atoms with Crippen LogP contribution in [0.5, 0.6) is 5.75 Å². The highest BCUT2D eigenvalue weighted by Gasteiger charge is 2.38. The van der Waals surface area contributed by atoms with Crippen LogP contribution in [0.15, 0.2) is 90.0 Å². The molecule has 0 N–H and O–H groups in total. The van der Waals surface area contributed by atoms with E-state index in [-0.39, 0.29) is 5.82 Å². The van der Waals surface area contributed by atoms with Crippen LogP contribution in [0.2, 0.25) is 0 Å². The van der Waals surface area contributed by atoms with E-state index < -0.39 is 5.79 Å². The molecule has 3 aromatic carbocycles. The second kappa shape index (κ2) is 11.8. The highest BCUT2D eigenvalue weighted by atomic mass is 32.2. The summed E-state index contributed by atoms with van der Waals surface area (Å²) in [5, 5.41) is 10.8. The summed E-state index contributed by atoms with van der Waals surface area (Å²) >= 11 is 1.55. The molecule has 192 valence electrons. The first-order chi connectivity index (χ1) is 18.6. The van der Waals surface area contributed by atoms with Crippen molar-refractivity contribution < 1.29 is 18.6 Å². The van der Waals surface area contributed by atoms with E-state index in [1.807, 2.05) is 60.7 Å². The van der Waals surface area contributed by atoms with Gasteiger partial charge in [0.25, 0.3) is 0 Å². The highest BCUT2D eigenvalue weighted by molar-refractivity contribution is 7.99. The molecule has 1 aliphatic heterocycles. The number of hydrogen-bond acceptors (Lipinski definition) is 6. The number of thioether (sulfide) groups is 1. The summed E-state index contributed by atoms with van der Waals surface area (Å²) in [6.07, 6.45) is 1.36. The van der Waals surface area contributed by atoms with Gasteiger partial charge in [0.1, 0.15) is 22.7 Å². The lowest BCUT2D eigenvalue weighted by atomic mass is 9.99. The number of rotatable bonds is 9. The summed E-state index contributed by atoms with van der Waals surface area (Å²) in [5.74, 6) is 0.293. The van der Waals surface area contributed by atoms with Crippen LogP contribution in [0.1, 0.15) is 24.0 Å². The van der Waals surface area contributed by atoms with Crippen LogP contribution in [-0.4, -0.2) is 31.1 Å². The molecule has 0 saturated carbocycles. The Morgan fingerprint density at radius 1 is 0.974 bits per heavy atom. The fraction of sp³-hybridized carbons (Fsp3) is 0.226. The van der Waals surface area contributed by atoms with Crippen molar-refractivity contribution in [3.05, 3.63) is 102 Å². The summed E-state index contributed by atoms with van der Waals surface area (Å²) in [4.78, 5) is 4.90. The van der Waals surface area contributed by atoms with Gasteiger partial charge in [-0.1, -0.05) is 54.6 Å². The van der Waals surface area contributed by atoms with Crippen LogP contribution in [-0.2, 0) is 15.3 Å². The molecule has 5 nitrogen and oxygen atoms in total. The molecule has 0 radical (unpaired) electrons. The van der Waals surface area contributed by atoms with Crippen LogP contribution in [0.4, 0.5) is 4.39 Å². The molecule has 1 aromatic heterocycles. The fourth-order valence-corrected chi connectivity index (χ4v) is 5.52. The predicted octanol–water partition coefficient (Wildman–Crippen LogP) is 7.21. The van der Waals surface area contributed by atoms with Crippen LogP contribution >= 0.6 is 11.8 Å². The minimum Gasteiger partial charge on any atom is -0.497 e. The van der Waals surface area contributed by atoms with Gasteiger partial charge in [-0.2, -0.15) is 5.26 Å². The summed E-state index contributed by atoms with van der Waals surface area (Å²) < 4.78 is 30.8. The van der Waals surface area contributed by atoms with E-state index in [2.05, 4.69) is 6.07 Å². The number of benzene rings is 3. The lowest BCUT2D eigenvalue weighted by Gasteiger charge is -2.28. The molecular formula is C31H27FN2O3S. The average molecular weight is 527 g/mol. The Morgan fingerprint density at radius 3 is 2.34 bits per heavy atom. The SMILES string of the molecule is COc1ccc(-c2cc(-c3ccccc3)nc(SCCCC3(c4ccc(F)cc4)OCCO3)c2C#N)cc1. The quantitative estimate of drug-likeness (QED) is 0.170. The van der Waals surface area contributed by atoms with Gasteiger partial charge in [-0.05, 0) is 48.1 Å². The first-order valence-corrected chi connectivity index (χ1v) is 13.4. The Balaban J connectivity index is 1.41. The Bertz CT molecular complexity index is 1410.